The first kappa shape index (κ1) is 16.1. The summed E-state index contributed by atoms with van der Waals surface area (Å²) in [6.07, 6.45) is 3.85. The van der Waals surface area contributed by atoms with E-state index in [0.29, 0.717) is 25.1 Å². The Balaban J connectivity index is 1.77. The zero-order valence-corrected chi connectivity index (χ0v) is 13.8. The molecular formula is C17H20N6O. The minimum atomic E-state index is 0.00738. The fraction of sp³-hybridized carbons (Fsp3) is 0.412. The van der Waals surface area contributed by atoms with Crippen molar-refractivity contribution in [2.75, 3.05) is 27.2 Å². The molecule has 7 nitrogen and oxygen atoms in total. The molecule has 1 aromatic heterocycles. The van der Waals surface area contributed by atoms with Gasteiger partial charge in [-0.05, 0) is 31.8 Å². The maximum atomic E-state index is 12.8. The molecule has 1 saturated heterocycles. The van der Waals surface area contributed by atoms with E-state index < -0.39 is 0 Å². The standard InChI is InChI=1S/C17H20N6O/c1-21(2)15-11-22(12-16(15)23-10-9-19-20-23)17(24)14-5-3-13(4-6-14)7-8-18/h3-6,9-10,15-16H,7,11-12H2,1-2H3/t15-,16+/m1/s1. The molecule has 0 aliphatic carbocycles. The summed E-state index contributed by atoms with van der Waals surface area (Å²) in [6, 6.07) is 9.65. The van der Waals surface area contributed by atoms with Gasteiger partial charge in [0.25, 0.3) is 5.91 Å². The minimum Gasteiger partial charge on any atom is -0.335 e. The van der Waals surface area contributed by atoms with Gasteiger partial charge in [-0.15, -0.1) is 5.10 Å². The van der Waals surface area contributed by atoms with Gasteiger partial charge in [0.15, 0.2) is 0 Å². The van der Waals surface area contributed by atoms with Crippen LogP contribution in [0, 0.1) is 11.3 Å². The molecule has 0 bridgehead atoms. The van der Waals surface area contributed by atoms with E-state index in [1.807, 2.05) is 42.0 Å². The number of carbonyl (C=O) groups is 1. The average molecular weight is 324 g/mol. The minimum absolute atomic E-state index is 0.00738. The highest BCUT2D eigenvalue weighted by molar-refractivity contribution is 5.94. The van der Waals surface area contributed by atoms with Crippen LogP contribution in [0.3, 0.4) is 0 Å². The van der Waals surface area contributed by atoms with Gasteiger partial charge in [-0.25, -0.2) is 4.68 Å². The van der Waals surface area contributed by atoms with Gasteiger partial charge in [-0.1, -0.05) is 17.3 Å². The number of aromatic nitrogens is 3. The maximum Gasteiger partial charge on any atom is 0.253 e. The highest BCUT2D eigenvalue weighted by Crippen LogP contribution is 2.26. The summed E-state index contributed by atoms with van der Waals surface area (Å²) in [5.74, 6) is 0.00738. The molecule has 1 aromatic carbocycles. The lowest BCUT2D eigenvalue weighted by molar-refractivity contribution is 0.0781. The van der Waals surface area contributed by atoms with Crippen LogP contribution in [-0.4, -0.2) is 63.9 Å². The lowest BCUT2D eigenvalue weighted by atomic mass is 10.1. The largest absolute Gasteiger partial charge is 0.335 e. The normalized spacial score (nSPS) is 20.3. The van der Waals surface area contributed by atoms with E-state index in [1.165, 1.54) is 0 Å². The molecule has 2 aromatic rings. The summed E-state index contributed by atoms with van der Waals surface area (Å²) in [6.45, 7) is 1.25. The summed E-state index contributed by atoms with van der Waals surface area (Å²) in [4.78, 5) is 16.8. The summed E-state index contributed by atoms with van der Waals surface area (Å²) in [5, 5.41) is 16.7. The van der Waals surface area contributed by atoms with Crippen molar-refractivity contribution in [1.82, 2.24) is 24.8 Å². The van der Waals surface area contributed by atoms with Crippen LogP contribution in [0.5, 0.6) is 0 Å². The van der Waals surface area contributed by atoms with E-state index in [0.717, 1.165) is 5.56 Å². The van der Waals surface area contributed by atoms with Crippen LogP contribution in [0.1, 0.15) is 22.0 Å². The van der Waals surface area contributed by atoms with E-state index in [-0.39, 0.29) is 18.0 Å². The molecule has 1 amide bonds. The Morgan fingerprint density at radius 2 is 2.08 bits per heavy atom. The monoisotopic (exact) mass is 324 g/mol. The van der Waals surface area contributed by atoms with Crippen LogP contribution in [0.15, 0.2) is 36.7 Å². The Kier molecular flexibility index (Phi) is 4.58. The van der Waals surface area contributed by atoms with Gasteiger partial charge in [-0.2, -0.15) is 5.26 Å². The number of amides is 1. The first-order valence-electron chi connectivity index (χ1n) is 7.87. The Hall–Kier alpha value is -2.72. The van der Waals surface area contributed by atoms with Crippen molar-refractivity contribution in [2.45, 2.75) is 18.5 Å². The summed E-state index contributed by atoms with van der Waals surface area (Å²) < 4.78 is 1.83. The third kappa shape index (κ3) is 3.14. The number of hydrogen-bond donors (Lipinski definition) is 0. The van der Waals surface area contributed by atoms with Crippen molar-refractivity contribution >= 4 is 5.91 Å². The molecule has 7 heteroatoms. The second-order valence-electron chi connectivity index (χ2n) is 6.22. The number of benzene rings is 1. The summed E-state index contributed by atoms with van der Waals surface area (Å²) in [7, 11) is 4.03. The Morgan fingerprint density at radius 1 is 1.33 bits per heavy atom. The molecule has 2 heterocycles. The molecule has 0 unspecified atom stereocenters. The second-order valence-corrected chi connectivity index (χ2v) is 6.22. The summed E-state index contributed by atoms with van der Waals surface area (Å²) >= 11 is 0. The van der Waals surface area contributed by atoms with Crippen LogP contribution in [-0.2, 0) is 6.42 Å². The van der Waals surface area contributed by atoms with Crippen molar-refractivity contribution in [2.24, 2.45) is 0 Å². The topological polar surface area (TPSA) is 78.0 Å². The van der Waals surface area contributed by atoms with Crippen LogP contribution in [0.25, 0.3) is 0 Å². The van der Waals surface area contributed by atoms with Crippen molar-refractivity contribution in [1.29, 1.82) is 5.26 Å². The average Bonchev–Trinajstić information content (AvgIpc) is 3.24. The lowest BCUT2D eigenvalue weighted by Crippen LogP contribution is -2.37. The van der Waals surface area contributed by atoms with Gasteiger partial charge in [0.05, 0.1) is 30.8 Å². The highest BCUT2D eigenvalue weighted by atomic mass is 16.2. The number of hydrogen-bond acceptors (Lipinski definition) is 5. The quantitative estimate of drug-likeness (QED) is 0.837. The zero-order valence-electron chi connectivity index (χ0n) is 13.8. The van der Waals surface area contributed by atoms with E-state index in [9.17, 15) is 4.79 Å². The third-order valence-electron chi connectivity index (χ3n) is 4.47. The second kappa shape index (κ2) is 6.81. The summed E-state index contributed by atoms with van der Waals surface area (Å²) in [5.41, 5.74) is 1.57. The van der Waals surface area contributed by atoms with Crippen molar-refractivity contribution < 1.29 is 4.79 Å². The fourth-order valence-electron chi connectivity index (χ4n) is 3.14. The van der Waals surface area contributed by atoms with Crippen molar-refractivity contribution in [3.05, 3.63) is 47.8 Å². The molecule has 0 saturated carbocycles. The first-order chi connectivity index (χ1) is 11.6. The van der Waals surface area contributed by atoms with E-state index in [2.05, 4.69) is 21.3 Å². The number of nitrogens with zero attached hydrogens (tertiary/aromatic N) is 6. The van der Waals surface area contributed by atoms with Gasteiger partial charge in [0.1, 0.15) is 0 Å². The molecule has 1 aliphatic rings. The molecule has 0 spiro atoms. The highest BCUT2D eigenvalue weighted by Gasteiger charge is 2.38. The Labute approximate surface area is 141 Å². The van der Waals surface area contributed by atoms with Gasteiger partial charge >= 0.3 is 0 Å². The predicted molar refractivity (Wildman–Crippen MR) is 88.2 cm³/mol. The van der Waals surface area contributed by atoms with Crippen LogP contribution in [0.2, 0.25) is 0 Å². The van der Waals surface area contributed by atoms with Crippen LogP contribution < -0.4 is 0 Å². The maximum absolute atomic E-state index is 12.8. The third-order valence-corrected chi connectivity index (χ3v) is 4.47. The smallest absolute Gasteiger partial charge is 0.253 e. The van der Waals surface area contributed by atoms with Gasteiger partial charge in [-0.3, -0.25) is 4.79 Å². The van der Waals surface area contributed by atoms with Crippen LogP contribution >= 0.6 is 0 Å². The Bertz CT molecular complexity index is 731. The van der Waals surface area contributed by atoms with E-state index >= 15 is 0 Å². The molecule has 124 valence electrons. The van der Waals surface area contributed by atoms with Crippen molar-refractivity contribution in [3.63, 3.8) is 0 Å². The van der Waals surface area contributed by atoms with Crippen LogP contribution in [0.4, 0.5) is 0 Å². The number of likely N-dealkylation sites (N-methyl/N-ethyl adjacent to an activating group) is 1. The Morgan fingerprint density at radius 3 is 2.67 bits per heavy atom. The van der Waals surface area contributed by atoms with Gasteiger partial charge in [0, 0.05) is 24.8 Å². The van der Waals surface area contributed by atoms with E-state index in [4.69, 9.17) is 5.26 Å². The number of rotatable bonds is 4. The molecule has 2 atom stereocenters. The zero-order chi connectivity index (χ0) is 17.1. The molecule has 3 rings (SSSR count). The number of nitriles is 1. The predicted octanol–water partition coefficient (Wildman–Crippen LogP) is 0.971. The van der Waals surface area contributed by atoms with Crippen molar-refractivity contribution in [3.8, 4) is 6.07 Å². The molecule has 24 heavy (non-hydrogen) atoms. The van der Waals surface area contributed by atoms with Gasteiger partial charge in [0.2, 0.25) is 0 Å². The van der Waals surface area contributed by atoms with E-state index in [1.54, 1.807) is 18.3 Å². The number of carbonyl (C=O) groups excluding carboxylic acids is 1. The molecule has 1 aliphatic heterocycles. The molecular weight excluding hydrogens is 304 g/mol. The fourth-order valence-corrected chi connectivity index (χ4v) is 3.14. The number of likely N-dealkylation sites (tertiary alicyclic amines) is 1. The van der Waals surface area contributed by atoms with Gasteiger partial charge < -0.3 is 9.80 Å². The lowest BCUT2D eigenvalue weighted by Gasteiger charge is -2.24. The molecule has 1 fully saturated rings. The SMILES string of the molecule is CN(C)[C@@H]1CN(C(=O)c2ccc(CC#N)cc2)C[C@@H]1n1ccnn1. The molecule has 0 N–H and O–H groups in total. The molecule has 0 radical (unpaired) electrons. The first-order valence-corrected chi connectivity index (χ1v) is 7.87.